The van der Waals surface area contributed by atoms with Crippen molar-refractivity contribution in [1.29, 1.82) is 0 Å². The van der Waals surface area contributed by atoms with Gasteiger partial charge in [0, 0.05) is 6.54 Å². The van der Waals surface area contributed by atoms with E-state index in [1.165, 1.54) is 24.3 Å². The second-order valence-electron chi connectivity index (χ2n) is 4.31. The van der Waals surface area contributed by atoms with E-state index in [9.17, 15) is 8.78 Å². The molecule has 0 saturated heterocycles. The maximum Gasteiger partial charge on any atom is 0.166 e. The highest BCUT2D eigenvalue weighted by Crippen LogP contribution is 2.28. The zero-order chi connectivity index (χ0) is 13.8. The molecule has 2 rings (SSSR count). The molecule has 0 aliphatic heterocycles. The minimum Gasteiger partial charge on any atom is -0.454 e. The van der Waals surface area contributed by atoms with Crippen molar-refractivity contribution < 1.29 is 13.5 Å². The normalized spacial score (nSPS) is 10.5. The van der Waals surface area contributed by atoms with E-state index in [2.05, 4.69) is 5.32 Å². The largest absolute Gasteiger partial charge is 0.454 e. The monoisotopic (exact) mass is 263 g/mol. The van der Waals surface area contributed by atoms with Gasteiger partial charge in [0.1, 0.15) is 11.6 Å². The summed E-state index contributed by atoms with van der Waals surface area (Å²) in [7, 11) is 1.80. The van der Waals surface area contributed by atoms with Crippen molar-refractivity contribution in [3.63, 3.8) is 0 Å². The summed E-state index contributed by atoms with van der Waals surface area (Å²) >= 11 is 0. The van der Waals surface area contributed by atoms with Crippen molar-refractivity contribution in [2.24, 2.45) is 0 Å². The van der Waals surface area contributed by atoms with Gasteiger partial charge in [0.2, 0.25) is 0 Å². The van der Waals surface area contributed by atoms with Crippen LogP contribution in [0.5, 0.6) is 11.5 Å². The third-order valence-electron chi connectivity index (χ3n) is 2.73. The molecule has 100 valence electrons. The molecule has 2 nitrogen and oxygen atoms in total. The van der Waals surface area contributed by atoms with Gasteiger partial charge in [-0.3, -0.25) is 0 Å². The Morgan fingerprint density at radius 2 is 1.79 bits per heavy atom. The van der Waals surface area contributed by atoms with Crippen LogP contribution in [-0.2, 0) is 6.54 Å². The van der Waals surface area contributed by atoms with Crippen LogP contribution in [0.3, 0.4) is 0 Å². The second-order valence-corrected chi connectivity index (χ2v) is 4.31. The highest BCUT2D eigenvalue weighted by molar-refractivity contribution is 5.38. The average molecular weight is 263 g/mol. The van der Waals surface area contributed by atoms with Crippen molar-refractivity contribution in [3.05, 3.63) is 59.2 Å². The van der Waals surface area contributed by atoms with Crippen molar-refractivity contribution in [3.8, 4) is 11.5 Å². The Kier molecular flexibility index (Phi) is 4.12. The predicted molar refractivity (Wildman–Crippen MR) is 70.4 cm³/mol. The van der Waals surface area contributed by atoms with Gasteiger partial charge in [-0.2, -0.15) is 0 Å². The minimum absolute atomic E-state index is 0.134. The van der Waals surface area contributed by atoms with Gasteiger partial charge >= 0.3 is 0 Å². The Balaban J connectivity index is 2.23. The van der Waals surface area contributed by atoms with E-state index in [0.29, 0.717) is 17.9 Å². The Bertz CT molecular complexity index is 584. The lowest BCUT2D eigenvalue weighted by atomic mass is 10.2. The summed E-state index contributed by atoms with van der Waals surface area (Å²) in [6.45, 7) is 2.30. The first-order valence-electron chi connectivity index (χ1n) is 5.97. The molecule has 0 radical (unpaired) electrons. The number of benzene rings is 2. The van der Waals surface area contributed by atoms with Gasteiger partial charge in [-0.1, -0.05) is 6.07 Å². The van der Waals surface area contributed by atoms with Crippen LogP contribution in [0.1, 0.15) is 11.1 Å². The Labute approximate surface area is 111 Å². The van der Waals surface area contributed by atoms with Crippen molar-refractivity contribution in [1.82, 2.24) is 5.32 Å². The molecule has 2 aromatic rings. The molecule has 0 heterocycles. The Morgan fingerprint density at radius 3 is 2.42 bits per heavy atom. The number of hydrogen-bond donors (Lipinski definition) is 1. The first-order valence-corrected chi connectivity index (χ1v) is 5.97. The number of ether oxygens (including phenoxy) is 1. The van der Waals surface area contributed by atoms with Gasteiger partial charge in [-0.15, -0.1) is 0 Å². The van der Waals surface area contributed by atoms with Gasteiger partial charge in [-0.25, -0.2) is 8.78 Å². The van der Waals surface area contributed by atoms with Crippen LogP contribution in [0.2, 0.25) is 0 Å². The van der Waals surface area contributed by atoms with Crippen LogP contribution < -0.4 is 10.1 Å². The fourth-order valence-electron chi connectivity index (χ4n) is 1.79. The van der Waals surface area contributed by atoms with E-state index >= 15 is 0 Å². The molecule has 2 aromatic carbocycles. The molecule has 1 N–H and O–H groups in total. The van der Waals surface area contributed by atoms with E-state index in [-0.39, 0.29) is 11.6 Å². The summed E-state index contributed by atoms with van der Waals surface area (Å²) in [5.74, 6) is -0.192. The molecule has 4 heteroatoms. The highest BCUT2D eigenvalue weighted by atomic mass is 19.1. The fraction of sp³-hybridized carbons (Fsp3) is 0.200. The van der Waals surface area contributed by atoms with Gasteiger partial charge in [-0.05, 0) is 55.4 Å². The number of hydrogen-bond acceptors (Lipinski definition) is 2. The van der Waals surface area contributed by atoms with E-state index in [1.54, 1.807) is 26.1 Å². The second kappa shape index (κ2) is 5.80. The molecule has 0 saturated carbocycles. The SMILES string of the molecule is CNCc1ccc(Oc2ccc(F)cc2C)c(F)c1. The van der Waals surface area contributed by atoms with Crippen molar-refractivity contribution in [2.75, 3.05) is 7.05 Å². The standard InChI is InChI=1S/C15H15F2NO/c1-10-7-12(16)4-6-14(10)19-15-5-3-11(9-18-2)8-13(15)17/h3-8,18H,9H2,1-2H3. The molecule has 0 spiro atoms. The van der Waals surface area contributed by atoms with Crippen molar-refractivity contribution in [2.45, 2.75) is 13.5 Å². The topological polar surface area (TPSA) is 21.3 Å². The van der Waals surface area contributed by atoms with Crippen LogP contribution in [0.15, 0.2) is 36.4 Å². The summed E-state index contributed by atoms with van der Waals surface area (Å²) in [6, 6.07) is 8.91. The first kappa shape index (κ1) is 13.5. The number of halogens is 2. The van der Waals surface area contributed by atoms with E-state index in [4.69, 9.17) is 4.74 Å². The lowest BCUT2D eigenvalue weighted by Gasteiger charge is -2.10. The molecule has 0 bridgehead atoms. The van der Waals surface area contributed by atoms with Crippen LogP contribution in [-0.4, -0.2) is 7.05 Å². The molecular formula is C15H15F2NO. The zero-order valence-electron chi connectivity index (χ0n) is 10.8. The molecule has 0 atom stereocenters. The predicted octanol–water partition coefficient (Wildman–Crippen LogP) is 3.78. The molecule has 0 aliphatic carbocycles. The Hall–Kier alpha value is -1.94. The van der Waals surface area contributed by atoms with E-state index in [1.807, 2.05) is 0 Å². The first-order chi connectivity index (χ1) is 9.10. The summed E-state index contributed by atoms with van der Waals surface area (Å²) in [5.41, 5.74) is 1.46. The third-order valence-corrected chi connectivity index (χ3v) is 2.73. The van der Waals surface area contributed by atoms with Crippen LogP contribution >= 0.6 is 0 Å². The van der Waals surface area contributed by atoms with Gasteiger partial charge < -0.3 is 10.1 Å². The van der Waals surface area contributed by atoms with Crippen LogP contribution in [0, 0.1) is 18.6 Å². The van der Waals surface area contributed by atoms with Crippen molar-refractivity contribution >= 4 is 0 Å². The smallest absolute Gasteiger partial charge is 0.166 e. The van der Waals surface area contributed by atoms with Gasteiger partial charge in [0.25, 0.3) is 0 Å². The zero-order valence-corrected chi connectivity index (χ0v) is 10.8. The third kappa shape index (κ3) is 3.29. The summed E-state index contributed by atoms with van der Waals surface area (Å²) in [4.78, 5) is 0. The average Bonchev–Trinajstić information content (AvgIpc) is 2.36. The van der Waals surface area contributed by atoms with E-state index < -0.39 is 5.82 Å². The van der Waals surface area contributed by atoms with Crippen LogP contribution in [0.4, 0.5) is 8.78 Å². The molecule has 0 fully saturated rings. The lowest BCUT2D eigenvalue weighted by Crippen LogP contribution is -2.05. The summed E-state index contributed by atoms with van der Waals surface area (Å²) in [5, 5.41) is 2.95. The molecule has 0 aliphatic rings. The fourth-order valence-corrected chi connectivity index (χ4v) is 1.79. The van der Waals surface area contributed by atoms with Crippen LogP contribution in [0.25, 0.3) is 0 Å². The molecular weight excluding hydrogens is 248 g/mol. The molecule has 0 aromatic heterocycles. The quantitative estimate of drug-likeness (QED) is 0.906. The lowest BCUT2D eigenvalue weighted by molar-refractivity contribution is 0.437. The maximum absolute atomic E-state index is 13.8. The summed E-state index contributed by atoms with van der Waals surface area (Å²) < 4.78 is 32.3. The highest BCUT2D eigenvalue weighted by Gasteiger charge is 2.08. The Morgan fingerprint density at radius 1 is 1.05 bits per heavy atom. The number of nitrogens with one attached hydrogen (secondary N) is 1. The molecule has 0 unspecified atom stereocenters. The van der Waals surface area contributed by atoms with Gasteiger partial charge in [0.15, 0.2) is 11.6 Å². The van der Waals surface area contributed by atoms with E-state index in [0.717, 1.165) is 5.56 Å². The number of rotatable bonds is 4. The maximum atomic E-state index is 13.8. The minimum atomic E-state index is -0.434. The molecule has 19 heavy (non-hydrogen) atoms. The number of aryl methyl sites for hydroxylation is 1. The molecule has 0 amide bonds. The summed E-state index contributed by atoms with van der Waals surface area (Å²) in [6.07, 6.45) is 0. The van der Waals surface area contributed by atoms with Gasteiger partial charge in [0.05, 0.1) is 0 Å².